The zero-order valence-electron chi connectivity index (χ0n) is 20.3. The number of anilines is 1. The Hall–Kier alpha value is -1.10. The standard InChI is InChI=1S/C28H43N2O2/c1-4-6-7-8-9-12-15-30-22-16-19(18(5-2)27(30)32)24-23(30)17-28(26(24)31)20-13-10-11-14-21(20)29(3)25(22)28/h10-11,13-14,18-19,22-27,31-32H,4-9,12,15-17H2,1-3H3/q+1/t18-,19-,22?,23-,24?,25-,26-,27+,28?,30?/m0/s1. The molecule has 1 spiro atoms. The van der Waals surface area contributed by atoms with Gasteiger partial charge in [0.05, 0.1) is 30.1 Å². The number of piperidine rings is 4. The molecule has 0 amide bonds. The molecule has 5 heterocycles. The highest BCUT2D eigenvalue weighted by atomic mass is 16.3. The summed E-state index contributed by atoms with van der Waals surface area (Å²) >= 11 is 0. The molecule has 4 heteroatoms. The number of rotatable bonds is 8. The molecule has 4 unspecified atom stereocenters. The number of aliphatic hydroxyl groups excluding tert-OH is 2. The van der Waals surface area contributed by atoms with Crippen LogP contribution in [0.3, 0.4) is 0 Å². The minimum absolute atomic E-state index is 0.134. The number of unbranched alkanes of at least 4 members (excludes halogenated alkanes) is 5. The molecule has 1 aliphatic carbocycles. The van der Waals surface area contributed by atoms with E-state index in [1.807, 2.05) is 0 Å². The second-order valence-corrected chi connectivity index (χ2v) is 11.8. The normalized spacial score (nSPS) is 47.2. The van der Waals surface area contributed by atoms with Gasteiger partial charge in [-0.2, -0.15) is 0 Å². The minimum Gasteiger partial charge on any atom is -0.392 e. The highest BCUT2D eigenvalue weighted by Gasteiger charge is 2.82. The Kier molecular flexibility index (Phi) is 4.99. The average Bonchev–Trinajstić information content (AvgIpc) is 3.19. The number of aliphatic hydroxyl groups is 2. The first-order chi connectivity index (χ1) is 15.5. The molecule has 176 valence electrons. The minimum atomic E-state index is -0.273. The van der Waals surface area contributed by atoms with E-state index in [1.165, 1.54) is 56.2 Å². The summed E-state index contributed by atoms with van der Waals surface area (Å²) in [5.74, 6) is 1.18. The Bertz CT molecular complexity index is 875. The van der Waals surface area contributed by atoms with Gasteiger partial charge in [0.2, 0.25) is 0 Å². The molecule has 1 saturated carbocycles. The van der Waals surface area contributed by atoms with Crippen LogP contribution in [0.1, 0.15) is 77.2 Å². The number of para-hydroxylation sites is 1. The van der Waals surface area contributed by atoms with Crippen molar-refractivity contribution in [1.82, 2.24) is 0 Å². The molecule has 4 saturated heterocycles. The van der Waals surface area contributed by atoms with Crippen molar-refractivity contribution in [2.75, 3.05) is 18.5 Å². The van der Waals surface area contributed by atoms with Crippen molar-refractivity contribution in [3.63, 3.8) is 0 Å². The van der Waals surface area contributed by atoms with Gasteiger partial charge in [-0.25, -0.2) is 0 Å². The van der Waals surface area contributed by atoms with Crippen LogP contribution in [0.2, 0.25) is 0 Å². The molecule has 0 radical (unpaired) electrons. The Morgan fingerprint density at radius 1 is 1.03 bits per heavy atom. The van der Waals surface area contributed by atoms with Crippen LogP contribution in [-0.2, 0) is 5.41 Å². The van der Waals surface area contributed by atoms with E-state index in [0.717, 1.165) is 23.9 Å². The summed E-state index contributed by atoms with van der Waals surface area (Å²) < 4.78 is 0.898. The molecule has 5 aliphatic heterocycles. The third-order valence-electron chi connectivity index (χ3n) is 11.0. The van der Waals surface area contributed by atoms with Gasteiger partial charge in [-0.1, -0.05) is 57.7 Å². The summed E-state index contributed by atoms with van der Waals surface area (Å²) in [6.07, 6.45) is 10.6. The number of benzene rings is 1. The van der Waals surface area contributed by atoms with Crippen LogP contribution < -0.4 is 4.90 Å². The SMILES string of the molecule is CCCCCCCC[N+]12C3C[C@H](C4[C@H](O)C5(C[C@@H]41)c1ccccc1N(C)[C@@H]35)[C@H](CC)[C@H]2O. The number of fused-ring (bicyclic) bond motifs is 2. The van der Waals surface area contributed by atoms with E-state index in [1.54, 1.807) is 0 Å². The quantitative estimate of drug-likeness (QED) is 0.465. The van der Waals surface area contributed by atoms with Crippen molar-refractivity contribution in [2.45, 2.75) is 108 Å². The monoisotopic (exact) mass is 439 g/mol. The topological polar surface area (TPSA) is 43.7 Å². The van der Waals surface area contributed by atoms with Gasteiger partial charge in [-0.05, 0) is 36.8 Å². The van der Waals surface area contributed by atoms with E-state index in [2.05, 4.69) is 50.1 Å². The Morgan fingerprint density at radius 2 is 1.78 bits per heavy atom. The van der Waals surface area contributed by atoms with Crippen LogP contribution in [0.25, 0.3) is 0 Å². The largest absolute Gasteiger partial charge is 0.392 e. The lowest BCUT2D eigenvalue weighted by Crippen LogP contribution is -2.83. The number of quaternary nitrogens is 1. The molecule has 1 aromatic carbocycles. The van der Waals surface area contributed by atoms with Gasteiger partial charge in [0, 0.05) is 37.4 Å². The highest BCUT2D eigenvalue weighted by Crippen LogP contribution is 2.71. The van der Waals surface area contributed by atoms with Gasteiger partial charge in [-0.3, -0.25) is 4.48 Å². The van der Waals surface area contributed by atoms with Gasteiger partial charge in [0.15, 0.2) is 6.23 Å². The van der Waals surface area contributed by atoms with Crippen molar-refractivity contribution in [3.05, 3.63) is 29.8 Å². The lowest BCUT2D eigenvalue weighted by atomic mass is 9.60. The molecule has 0 aromatic heterocycles. The summed E-state index contributed by atoms with van der Waals surface area (Å²) in [6, 6.07) is 10.1. The number of likely N-dealkylation sites (N-methyl/N-ethyl adjacent to an activating group) is 1. The van der Waals surface area contributed by atoms with Crippen LogP contribution in [0.5, 0.6) is 0 Å². The highest BCUT2D eigenvalue weighted by molar-refractivity contribution is 5.66. The summed E-state index contributed by atoms with van der Waals surface area (Å²) in [5.41, 5.74) is 2.58. The van der Waals surface area contributed by atoms with E-state index >= 15 is 0 Å². The fraction of sp³-hybridized carbons (Fsp3) is 0.786. The molecule has 6 aliphatic rings. The van der Waals surface area contributed by atoms with E-state index in [9.17, 15) is 10.2 Å². The molecule has 4 nitrogen and oxygen atoms in total. The van der Waals surface area contributed by atoms with Crippen LogP contribution in [0.4, 0.5) is 5.69 Å². The summed E-state index contributed by atoms with van der Waals surface area (Å²) in [4.78, 5) is 2.51. The maximum absolute atomic E-state index is 12.1. The molecule has 5 bridgehead atoms. The third kappa shape index (κ3) is 2.35. The van der Waals surface area contributed by atoms with Crippen LogP contribution in [0, 0.1) is 17.8 Å². The van der Waals surface area contributed by atoms with Gasteiger partial charge < -0.3 is 15.1 Å². The molecule has 7 rings (SSSR count). The predicted molar refractivity (Wildman–Crippen MR) is 128 cm³/mol. The van der Waals surface area contributed by atoms with Crippen molar-refractivity contribution in [2.24, 2.45) is 17.8 Å². The van der Waals surface area contributed by atoms with Gasteiger partial charge in [0.25, 0.3) is 0 Å². The Balaban J connectivity index is 1.41. The molecule has 10 atom stereocenters. The van der Waals surface area contributed by atoms with E-state index < -0.39 is 0 Å². The fourth-order valence-corrected chi connectivity index (χ4v) is 10.0. The molecular formula is C28H43N2O2+. The number of hydrogen-bond acceptors (Lipinski definition) is 3. The zero-order valence-corrected chi connectivity index (χ0v) is 20.3. The molecule has 32 heavy (non-hydrogen) atoms. The Morgan fingerprint density at radius 3 is 2.56 bits per heavy atom. The van der Waals surface area contributed by atoms with Crippen LogP contribution in [0.15, 0.2) is 24.3 Å². The van der Waals surface area contributed by atoms with Gasteiger partial charge in [0.1, 0.15) is 6.04 Å². The number of hydrogen-bond donors (Lipinski definition) is 2. The van der Waals surface area contributed by atoms with Crippen molar-refractivity contribution >= 4 is 5.69 Å². The van der Waals surface area contributed by atoms with Crippen LogP contribution >= 0.6 is 0 Å². The second kappa shape index (κ2) is 7.45. The van der Waals surface area contributed by atoms with E-state index in [4.69, 9.17) is 0 Å². The zero-order chi connectivity index (χ0) is 22.3. The van der Waals surface area contributed by atoms with E-state index in [0.29, 0.717) is 35.9 Å². The van der Waals surface area contributed by atoms with Crippen molar-refractivity contribution in [1.29, 1.82) is 0 Å². The average molecular weight is 440 g/mol. The van der Waals surface area contributed by atoms with Crippen LogP contribution in [-0.4, -0.2) is 58.7 Å². The first-order valence-corrected chi connectivity index (χ1v) is 13.6. The van der Waals surface area contributed by atoms with Gasteiger partial charge in [-0.15, -0.1) is 0 Å². The summed E-state index contributed by atoms with van der Waals surface area (Å²) in [5, 5.41) is 24.1. The maximum Gasteiger partial charge on any atom is 0.194 e. The number of nitrogens with zero attached hydrogens (tertiary/aromatic N) is 2. The third-order valence-corrected chi connectivity index (χ3v) is 11.0. The fourth-order valence-electron chi connectivity index (χ4n) is 10.0. The van der Waals surface area contributed by atoms with E-state index in [-0.39, 0.29) is 17.7 Å². The molecule has 2 N–H and O–H groups in total. The summed E-state index contributed by atoms with van der Waals surface area (Å²) in [6.45, 7) is 5.64. The molecular weight excluding hydrogens is 396 g/mol. The first-order valence-electron chi connectivity index (χ1n) is 13.6. The molecule has 5 fully saturated rings. The molecule has 1 aromatic rings. The van der Waals surface area contributed by atoms with Gasteiger partial charge >= 0.3 is 0 Å². The maximum atomic E-state index is 12.1. The Labute approximate surface area is 194 Å². The lowest BCUT2D eigenvalue weighted by molar-refractivity contribution is -1.04. The van der Waals surface area contributed by atoms with Crippen molar-refractivity contribution < 1.29 is 14.7 Å². The second-order valence-electron chi connectivity index (χ2n) is 11.8. The summed E-state index contributed by atoms with van der Waals surface area (Å²) in [7, 11) is 2.26. The smallest absolute Gasteiger partial charge is 0.194 e. The lowest BCUT2D eigenvalue weighted by Gasteiger charge is -2.68. The first kappa shape index (κ1) is 21.4. The predicted octanol–water partition coefficient (Wildman–Crippen LogP) is 4.43. The van der Waals surface area contributed by atoms with Crippen molar-refractivity contribution in [3.8, 4) is 0 Å².